The van der Waals surface area contributed by atoms with Crippen molar-refractivity contribution in [2.24, 2.45) is 0 Å². The number of alkyl halides is 6. The van der Waals surface area contributed by atoms with Gasteiger partial charge in [0, 0.05) is 12.4 Å². The van der Waals surface area contributed by atoms with E-state index >= 15 is 0 Å². The number of pyridine rings is 1. The number of halogens is 6. The highest BCUT2D eigenvalue weighted by atomic mass is 19.4. The Morgan fingerprint density at radius 2 is 1.19 bits per heavy atom. The molecular weight excluding hydrogens is 236 g/mol. The number of hydrogen-bond acceptors (Lipinski definition) is 1. The van der Waals surface area contributed by atoms with Crippen LogP contribution in [-0.4, -0.2) is 17.3 Å². The second-order valence-electron chi connectivity index (χ2n) is 3.29. The van der Waals surface area contributed by atoms with Crippen LogP contribution in [0.2, 0.25) is 0 Å². The van der Waals surface area contributed by atoms with Crippen molar-refractivity contribution in [1.82, 2.24) is 4.98 Å². The summed E-state index contributed by atoms with van der Waals surface area (Å²) in [6.07, 6.45) is -9.62. The Morgan fingerprint density at radius 3 is 1.50 bits per heavy atom. The van der Waals surface area contributed by atoms with Gasteiger partial charge in [0.2, 0.25) is 0 Å². The molecule has 0 spiro atoms. The minimum absolute atomic E-state index is 0.269. The predicted octanol–water partition coefficient (Wildman–Crippen LogP) is 3.29. The molecule has 7 heteroatoms. The van der Waals surface area contributed by atoms with Crippen molar-refractivity contribution in [1.29, 1.82) is 0 Å². The summed E-state index contributed by atoms with van der Waals surface area (Å²) in [4.78, 5) is 3.35. The van der Waals surface area contributed by atoms with Crippen LogP contribution in [0.25, 0.3) is 0 Å². The lowest BCUT2D eigenvalue weighted by Crippen LogP contribution is -2.14. The van der Waals surface area contributed by atoms with E-state index in [1.54, 1.807) is 0 Å². The van der Waals surface area contributed by atoms with Crippen LogP contribution < -0.4 is 0 Å². The van der Waals surface area contributed by atoms with Crippen molar-refractivity contribution in [3.05, 3.63) is 29.6 Å². The van der Waals surface area contributed by atoms with Gasteiger partial charge in [-0.05, 0) is 11.1 Å². The molecule has 1 aromatic rings. The molecular formula is C9H7F6N. The van der Waals surface area contributed by atoms with Gasteiger partial charge in [-0.3, -0.25) is 4.98 Å². The smallest absolute Gasteiger partial charge is 0.264 e. The molecule has 0 radical (unpaired) electrons. The first-order chi connectivity index (χ1) is 7.16. The van der Waals surface area contributed by atoms with Gasteiger partial charge in [-0.25, -0.2) is 0 Å². The molecule has 0 aliphatic rings. The molecule has 1 aromatic heterocycles. The fourth-order valence-corrected chi connectivity index (χ4v) is 1.20. The first-order valence-corrected chi connectivity index (χ1v) is 4.22. The molecule has 0 fully saturated rings. The number of nitrogens with zero attached hydrogens (tertiary/aromatic N) is 1. The van der Waals surface area contributed by atoms with Crippen molar-refractivity contribution < 1.29 is 26.3 Å². The second kappa shape index (κ2) is 4.31. The standard InChI is InChI=1S/C9H7F6N/c10-8(11,12)2-6-1-7(5-16-4-6)3-9(13,14)15/h1,4-5H,2-3H2. The fourth-order valence-electron chi connectivity index (χ4n) is 1.20. The van der Waals surface area contributed by atoms with Gasteiger partial charge in [-0.1, -0.05) is 6.07 Å². The Bertz CT molecular complexity index is 323. The number of hydrogen-bond donors (Lipinski definition) is 0. The molecule has 1 nitrogen and oxygen atoms in total. The molecule has 90 valence electrons. The second-order valence-corrected chi connectivity index (χ2v) is 3.29. The average molecular weight is 243 g/mol. The zero-order valence-electron chi connectivity index (χ0n) is 7.86. The van der Waals surface area contributed by atoms with Gasteiger partial charge in [0.25, 0.3) is 0 Å². The summed E-state index contributed by atoms with van der Waals surface area (Å²) >= 11 is 0. The minimum atomic E-state index is -4.45. The lowest BCUT2D eigenvalue weighted by atomic mass is 10.1. The molecule has 0 amide bonds. The number of aromatic nitrogens is 1. The van der Waals surface area contributed by atoms with Crippen LogP contribution in [0.4, 0.5) is 26.3 Å². The SMILES string of the molecule is FC(F)(F)Cc1cncc(CC(F)(F)F)c1. The van der Waals surface area contributed by atoms with Gasteiger partial charge in [-0.15, -0.1) is 0 Å². The summed E-state index contributed by atoms with van der Waals surface area (Å²) in [6.45, 7) is 0. The first-order valence-electron chi connectivity index (χ1n) is 4.22. The Morgan fingerprint density at radius 1 is 0.812 bits per heavy atom. The van der Waals surface area contributed by atoms with E-state index in [0.29, 0.717) is 0 Å². The van der Waals surface area contributed by atoms with Gasteiger partial charge < -0.3 is 0 Å². The van der Waals surface area contributed by atoms with Gasteiger partial charge in [0.1, 0.15) is 0 Å². The maximum atomic E-state index is 12.0. The Labute approximate surface area is 87.1 Å². The molecule has 0 unspecified atom stereocenters. The van der Waals surface area contributed by atoms with Crippen molar-refractivity contribution in [3.63, 3.8) is 0 Å². The zero-order valence-corrected chi connectivity index (χ0v) is 7.86. The van der Waals surface area contributed by atoms with Crippen molar-refractivity contribution in [3.8, 4) is 0 Å². The molecule has 0 bridgehead atoms. The van der Waals surface area contributed by atoms with Crippen LogP contribution in [0.15, 0.2) is 18.5 Å². The lowest BCUT2D eigenvalue weighted by molar-refractivity contribution is -0.127. The molecule has 1 rings (SSSR count). The lowest BCUT2D eigenvalue weighted by Gasteiger charge is -2.09. The molecule has 0 aromatic carbocycles. The molecule has 16 heavy (non-hydrogen) atoms. The van der Waals surface area contributed by atoms with E-state index in [-0.39, 0.29) is 11.1 Å². The van der Waals surface area contributed by atoms with Gasteiger partial charge >= 0.3 is 12.4 Å². The molecule has 0 N–H and O–H groups in total. The van der Waals surface area contributed by atoms with E-state index in [0.717, 1.165) is 18.5 Å². The average Bonchev–Trinajstić information content (AvgIpc) is 1.96. The van der Waals surface area contributed by atoms with E-state index in [4.69, 9.17) is 0 Å². The summed E-state index contributed by atoms with van der Waals surface area (Å²) in [5.41, 5.74) is -0.538. The van der Waals surface area contributed by atoms with Crippen molar-refractivity contribution in [2.75, 3.05) is 0 Å². The predicted molar refractivity (Wildman–Crippen MR) is 43.8 cm³/mol. The van der Waals surface area contributed by atoms with E-state index in [1.165, 1.54) is 0 Å². The normalized spacial score (nSPS) is 12.9. The maximum absolute atomic E-state index is 12.0. The van der Waals surface area contributed by atoms with E-state index in [9.17, 15) is 26.3 Å². The van der Waals surface area contributed by atoms with Crippen LogP contribution in [0.5, 0.6) is 0 Å². The van der Waals surface area contributed by atoms with Crippen molar-refractivity contribution >= 4 is 0 Å². The highest BCUT2D eigenvalue weighted by molar-refractivity contribution is 5.19. The minimum Gasteiger partial charge on any atom is -0.264 e. The molecule has 0 saturated carbocycles. The highest BCUT2D eigenvalue weighted by Crippen LogP contribution is 2.24. The Kier molecular flexibility index (Phi) is 3.44. The number of rotatable bonds is 2. The zero-order chi connectivity index (χ0) is 12.4. The Balaban J connectivity index is 2.79. The summed E-state index contributed by atoms with van der Waals surface area (Å²) in [5.74, 6) is 0. The summed E-state index contributed by atoms with van der Waals surface area (Å²) < 4.78 is 71.8. The summed E-state index contributed by atoms with van der Waals surface area (Å²) in [7, 11) is 0. The monoisotopic (exact) mass is 243 g/mol. The van der Waals surface area contributed by atoms with Crippen molar-refractivity contribution in [2.45, 2.75) is 25.2 Å². The summed E-state index contributed by atoms with van der Waals surface area (Å²) in [5, 5.41) is 0. The summed E-state index contributed by atoms with van der Waals surface area (Å²) in [6, 6.07) is 0.869. The molecule has 0 aliphatic carbocycles. The first kappa shape index (κ1) is 12.8. The largest absolute Gasteiger partial charge is 0.393 e. The topological polar surface area (TPSA) is 12.9 Å². The maximum Gasteiger partial charge on any atom is 0.393 e. The van der Waals surface area contributed by atoms with Crippen LogP contribution in [0.1, 0.15) is 11.1 Å². The molecule has 0 aliphatic heterocycles. The third-order valence-electron chi connectivity index (χ3n) is 1.66. The van der Waals surface area contributed by atoms with Gasteiger partial charge in [0.05, 0.1) is 12.8 Å². The van der Waals surface area contributed by atoms with Crippen LogP contribution >= 0.6 is 0 Å². The molecule has 0 saturated heterocycles. The van der Waals surface area contributed by atoms with Crippen LogP contribution in [0.3, 0.4) is 0 Å². The van der Waals surface area contributed by atoms with E-state index in [2.05, 4.69) is 4.98 Å². The van der Waals surface area contributed by atoms with E-state index in [1.807, 2.05) is 0 Å². The van der Waals surface area contributed by atoms with E-state index < -0.39 is 25.2 Å². The van der Waals surface area contributed by atoms with Crippen LogP contribution in [-0.2, 0) is 12.8 Å². The highest BCUT2D eigenvalue weighted by Gasteiger charge is 2.30. The van der Waals surface area contributed by atoms with Crippen LogP contribution in [0, 0.1) is 0 Å². The third kappa shape index (κ3) is 4.99. The van der Waals surface area contributed by atoms with Gasteiger partial charge in [-0.2, -0.15) is 26.3 Å². The molecule has 1 heterocycles. The van der Waals surface area contributed by atoms with Gasteiger partial charge in [0.15, 0.2) is 0 Å². The molecule has 0 atom stereocenters. The quantitative estimate of drug-likeness (QED) is 0.726. The fraction of sp³-hybridized carbons (Fsp3) is 0.444. The Hall–Kier alpha value is -1.27. The third-order valence-corrected chi connectivity index (χ3v) is 1.66.